The van der Waals surface area contributed by atoms with Crippen molar-refractivity contribution in [2.75, 3.05) is 16.6 Å². The van der Waals surface area contributed by atoms with Gasteiger partial charge in [0, 0.05) is 16.4 Å². The van der Waals surface area contributed by atoms with Crippen molar-refractivity contribution in [3.05, 3.63) is 69.5 Å². The molecular formula is C21H20N4O4S4. The predicted molar refractivity (Wildman–Crippen MR) is 134 cm³/mol. The number of thiol groups is 1. The van der Waals surface area contributed by atoms with Gasteiger partial charge in [0.2, 0.25) is 10.9 Å². The molecule has 1 aromatic carbocycles. The topological polar surface area (TPSA) is 110 Å². The molecule has 0 unspecified atom stereocenters. The van der Waals surface area contributed by atoms with E-state index in [0.717, 1.165) is 21.1 Å². The number of nitrogens with one attached hydrogen (secondary N) is 2. The van der Waals surface area contributed by atoms with Crippen LogP contribution in [0.5, 0.6) is 0 Å². The van der Waals surface area contributed by atoms with Crippen molar-refractivity contribution in [3.8, 4) is 9.88 Å². The van der Waals surface area contributed by atoms with Crippen molar-refractivity contribution in [1.29, 1.82) is 0 Å². The van der Waals surface area contributed by atoms with Gasteiger partial charge < -0.3 is 10.1 Å². The molecule has 2 N–H and O–H groups in total. The van der Waals surface area contributed by atoms with E-state index in [1.807, 2.05) is 35.0 Å². The molecule has 0 aliphatic rings. The predicted octanol–water partition coefficient (Wildman–Crippen LogP) is 4.84. The molecule has 0 bridgehead atoms. The highest BCUT2D eigenvalue weighted by Gasteiger charge is 2.20. The summed E-state index contributed by atoms with van der Waals surface area (Å²) in [6.07, 6.45) is 0.589. The van der Waals surface area contributed by atoms with E-state index in [1.54, 1.807) is 47.1 Å². The Balaban J connectivity index is 1.57. The van der Waals surface area contributed by atoms with Crippen molar-refractivity contribution in [2.24, 2.45) is 0 Å². The standard InChI is InChI=1S/C21H20N4O4S4/c1-2-29-20(26)17-12-32-21(24-17)23-15(10-13-5-7-14(8-6-13)25-33(27)28)16-11-31-19(22-16)18-4-3-9-30-18/h3-9,11-12,15,33H,2,10H2,1H3,(H,23,24)(H,25,27,28)/t15-/m0/s1. The molecule has 4 aromatic rings. The van der Waals surface area contributed by atoms with Crippen LogP contribution in [0.3, 0.4) is 0 Å². The second-order valence-electron chi connectivity index (χ2n) is 6.78. The monoisotopic (exact) mass is 520 g/mol. The summed E-state index contributed by atoms with van der Waals surface area (Å²) in [6.45, 7) is 2.04. The molecule has 0 saturated carbocycles. The number of thiophene rings is 1. The molecule has 3 aromatic heterocycles. The van der Waals surface area contributed by atoms with Crippen LogP contribution >= 0.6 is 34.0 Å². The maximum absolute atomic E-state index is 12.0. The van der Waals surface area contributed by atoms with E-state index in [1.165, 1.54) is 11.3 Å². The fourth-order valence-electron chi connectivity index (χ4n) is 3.03. The van der Waals surface area contributed by atoms with Gasteiger partial charge in [0.1, 0.15) is 5.01 Å². The minimum absolute atomic E-state index is 0.203. The number of ether oxygens (including phenoxy) is 1. The number of hydrogen-bond donors (Lipinski definition) is 3. The number of anilines is 2. The maximum atomic E-state index is 12.0. The number of aromatic nitrogens is 2. The first-order chi connectivity index (χ1) is 16.0. The first-order valence-electron chi connectivity index (χ1n) is 9.90. The lowest BCUT2D eigenvalue weighted by molar-refractivity contribution is 0.0520. The molecule has 12 heteroatoms. The Kier molecular flexibility index (Phi) is 7.70. The number of benzene rings is 1. The Morgan fingerprint density at radius 1 is 1.09 bits per heavy atom. The van der Waals surface area contributed by atoms with Gasteiger partial charge in [-0.25, -0.2) is 23.2 Å². The van der Waals surface area contributed by atoms with Gasteiger partial charge in [0.15, 0.2) is 10.8 Å². The zero-order valence-electron chi connectivity index (χ0n) is 17.4. The SMILES string of the molecule is CCOC(=O)c1csc(N[C@@H](Cc2ccc(N[SH](=O)=O)cc2)c2csc(-c3cccs3)n2)n1. The molecular weight excluding hydrogens is 501 g/mol. The summed E-state index contributed by atoms with van der Waals surface area (Å²) in [5, 5.41) is 10.6. The fraction of sp³-hybridized carbons (Fsp3) is 0.190. The van der Waals surface area contributed by atoms with Crippen LogP contribution in [0.2, 0.25) is 0 Å². The zero-order valence-corrected chi connectivity index (χ0v) is 20.7. The summed E-state index contributed by atoms with van der Waals surface area (Å²) in [6, 6.07) is 11.0. The Morgan fingerprint density at radius 3 is 2.61 bits per heavy atom. The van der Waals surface area contributed by atoms with Crippen molar-refractivity contribution >= 4 is 61.7 Å². The van der Waals surface area contributed by atoms with Crippen LogP contribution in [0.15, 0.2) is 52.5 Å². The van der Waals surface area contributed by atoms with Gasteiger partial charge in [-0.15, -0.1) is 34.0 Å². The van der Waals surface area contributed by atoms with Crippen LogP contribution < -0.4 is 10.0 Å². The summed E-state index contributed by atoms with van der Waals surface area (Å²) in [4.78, 5) is 22.3. The van der Waals surface area contributed by atoms with E-state index in [2.05, 4.69) is 15.0 Å². The maximum Gasteiger partial charge on any atom is 0.357 e. The smallest absolute Gasteiger partial charge is 0.357 e. The third kappa shape index (κ3) is 6.16. The Hall–Kier alpha value is -2.80. The Bertz CT molecular complexity index is 1270. The van der Waals surface area contributed by atoms with Gasteiger partial charge in [-0.2, -0.15) is 0 Å². The number of carbonyl (C=O) groups is 1. The minimum Gasteiger partial charge on any atom is -0.461 e. The molecule has 0 spiro atoms. The molecule has 4 rings (SSSR count). The van der Waals surface area contributed by atoms with E-state index in [4.69, 9.17) is 9.72 Å². The van der Waals surface area contributed by atoms with E-state index >= 15 is 0 Å². The van der Waals surface area contributed by atoms with E-state index in [9.17, 15) is 13.2 Å². The van der Waals surface area contributed by atoms with Crippen LogP contribution in [0.4, 0.5) is 10.8 Å². The number of esters is 1. The molecule has 3 heterocycles. The fourth-order valence-corrected chi connectivity index (χ4v) is 5.81. The molecule has 0 aliphatic carbocycles. The van der Waals surface area contributed by atoms with Crippen molar-refractivity contribution in [3.63, 3.8) is 0 Å². The molecule has 0 saturated heterocycles. The van der Waals surface area contributed by atoms with Gasteiger partial charge in [-0.3, -0.25) is 4.72 Å². The third-order valence-electron chi connectivity index (χ3n) is 4.51. The highest BCUT2D eigenvalue weighted by atomic mass is 32.2. The second kappa shape index (κ2) is 10.9. The van der Waals surface area contributed by atoms with E-state index < -0.39 is 16.9 Å². The van der Waals surface area contributed by atoms with E-state index in [-0.39, 0.29) is 18.3 Å². The van der Waals surface area contributed by atoms with Crippen molar-refractivity contribution in [1.82, 2.24) is 9.97 Å². The molecule has 8 nitrogen and oxygen atoms in total. The third-order valence-corrected chi connectivity index (χ3v) is 7.63. The van der Waals surface area contributed by atoms with Gasteiger partial charge in [0.25, 0.3) is 0 Å². The summed E-state index contributed by atoms with van der Waals surface area (Å²) in [5.74, 6) is -0.452. The molecule has 0 radical (unpaired) electrons. The molecule has 0 aliphatic heterocycles. The number of nitrogens with zero attached hydrogens (tertiary/aromatic N) is 2. The number of hydrogen-bond acceptors (Lipinski definition) is 10. The van der Waals surface area contributed by atoms with Gasteiger partial charge in [-0.05, 0) is 42.5 Å². The molecule has 33 heavy (non-hydrogen) atoms. The largest absolute Gasteiger partial charge is 0.461 e. The van der Waals surface area contributed by atoms with Crippen molar-refractivity contribution < 1.29 is 17.9 Å². The summed E-state index contributed by atoms with van der Waals surface area (Å²) < 4.78 is 29.2. The first kappa shape index (κ1) is 23.4. The minimum atomic E-state index is -2.71. The zero-order chi connectivity index (χ0) is 23.2. The van der Waals surface area contributed by atoms with Crippen LogP contribution in [-0.4, -0.2) is 31.0 Å². The molecule has 0 amide bonds. The van der Waals surface area contributed by atoms with Gasteiger partial charge in [0.05, 0.1) is 23.2 Å². The highest BCUT2D eigenvalue weighted by molar-refractivity contribution is 7.73. The van der Waals surface area contributed by atoms with Gasteiger partial charge in [-0.1, -0.05) is 18.2 Å². The van der Waals surface area contributed by atoms with Crippen LogP contribution in [0, 0.1) is 0 Å². The van der Waals surface area contributed by atoms with Gasteiger partial charge >= 0.3 is 5.97 Å². The lowest BCUT2D eigenvalue weighted by atomic mass is 10.0. The number of thiazole rings is 2. The van der Waals surface area contributed by atoms with Crippen LogP contribution in [-0.2, 0) is 22.0 Å². The average molecular weight is 521 g/mol. The van der Waals surface area contributed by atoms with Crippen LogP contribution in [0.1, 0.15) is 34.7 Å². The Morgan fingerprint density at radius 2 is 1.91 bits per heavy atom. The average Bonchev–Trinajstić information content (AvgIpc) is 3.55. The summed E-state index contributed by atoms with van der Waals surface area (Å²) in [7, 11) is -2.71. The normalized spacial score (nSPS) is 11.9. The number of rotatable bonds is 10. The summed E-state index contributed by atoms with van der Waals surface area (Å²) in [5.41, 5.74) is 2.63. The second-order valence-corrected chi connectivity index (χ2v) is 10.2. The summed E-state index contributed by atoms with van der Waals surface area (Å²) >= 11 is 4.54. The molecule has 1 atom stereocenters. The lowest BCUT2D eigenvalue weighted by Crippen LogP contribution is -2.14. The Labute approximate surface area is 204 Å². The first-order valence-corrected chi connectivity index (χ1v) is 13.7. The molecule has 172 valence electrons. The highest BCUT2D eigenvalue weighted by Crippen LogP contribution is 2.32. The van der Waals surface area contributed by atoms with E-state index in [0.29, 0.717) is 17.2 Å². The molecule has 0 fully saturated rings. The lowest BCUT2D eigenvalue weighted by Gasteiger charge is -2.17. The quantitative estimate of drug-likeness (QED) is 0.203. The number of carbonyl (C=O) groups excluding carboxylic acids is 1. The van der Waals surface area contributed by atoms with Crippen molar-refractivity contribution in [2.45, 2.75) is 19.4 Å². The van der Waals surface area contributed by atoms with Crippen LogP contribution in [0.25, 0.3) is 9.88 Å².